The van der Waals surface area contributed by atoms with Crippen LogP contribution in [0.1, 0.15) is 80.1 Å². The zero-order chi connectivity index (χ0) is 20.8. The van der Waals surface area contributed by atoms with E-state index in [1.807, 2.05) is 20.8 Å². The van der Waals surface area contributed by atoms with Crippen LogP contribution >= 0.6 is 0 Å². The van der Waals surface area contributed by atoms with Crippen LogP contribution in [0, 0.1) is 28.6 Å². The topological polar surface area (TPSA) is 90.6 Å². The number of rotatable bonds is 9. The molecule has 1 rings (SSSR count). The average Bonchev–Trinajstić information content (AvgIpc) is 2.43. The fraction of sp³-hybridized carbons (Fsp3) is 0.818. The van der Waals surface area contributed by atoms with Gasteiger partial charge in [0, 0.05) is 24.2 Å². The lowest BCUT2D eigenvalue weighted by atomic mass is 9.66. The lowest BCUT2D eigenvalue weighted by Gasteiger charge is -2.38. The molecule has 0 radical (unpaired) electrons. The molecule has 1 atom stereocenters. The molecular formula is C22H39NO4. The van der Waals surface area contributed by atoms with Crippen molar-refractivity contribution in [2.75, 3.05) is 6.61 Å². The third-order valence-corrected chi connectivity index (χ3v) is 4.84. The zero-order valence-electron chi connectivity index (χ0n) is 18.0. The number of esters is 1. The van der Waals surface area contributed by atoms with Gasteiger partial charge in [0.15, 0.2) is 0 Å². The van der Waals surface area contributed by atoms with Crippen LogP contribution in [-0.4, -0.2) is 34.1 Å². The number of nitrogens with one attached hydrogen (secondary N) is 1. The Kier molecular flexibility index (Phi) is 8.52. The summed E-state index contributed by atoms with van der Waals surface area (Å²) in [6.45, 7) is 12.1. The Labute approximate surface area is 164 Å². The van der Waals surface area contributed by atoms with Crippen LogP contribution in [0.15, 0.2) is 11.8 Å². The van der Waals surface area contributed by atoms with Gasteiger partial charge in [-0.3, -0.25) is 4.79 Å². The fourth-order valence-electron chi connectivity index (χ4n) is 3.69. The molecule has 0 aliphatic heterocycles. The predicted octanol–water partition coefficient (Wildman–Crippen LogP) is 5.03. The number of aliphatic hydroxyl groups is 2. The second-order valence-electron chi connectivity index (χ2n) is 10.2. The van der Waals surface area contributed by atoms with Gasteiger partial charge in [-0.2, -0.15) is 0 Å². The van der Waals surface area contributed by atoms with Gasteiger partial charge in [-0.05, 0) is 70.3 Å². The lowest BCUT2D eigenvalue weighted by Crippen LogP contribution is -2.32. The highest BCUT2D eigenvalue weighted by atomic mass is 16.6. The molecule has 1 aliphatic carbocycles. The number of aliphatic hydroxyl groups excluding tert-OH is 2. The minimum absolute atomic E-state index is 0.00660. The van der Waals surface area contributed by atoms with Crippen molar-refractivity contribution in [3.05, 3.63) is 11.8 Å². The average molecular weight is 382 g/mol. The van der Waals surface area contributed by atoms with Crippen LogP contribution in [0.25, 0.3) is 0 Å². The van der Waals surface area contributed by atoms with E-state index >= 15 is 0 Å². The van der Waals surface area contributed by atoms with E-state index in [-0.39, 0.29) is 30.7 Å². The maximum absolute atomic E-state index is 12.1. The van der Waals surface area contributed by atoms with Crippen molar-refractivity contribution in [1.82, 2.24) is 0 Å². The summed E-state index contributed by atoms with van der Waals surface area (Å²) in [5.41, 5.74) is 0.174. The molecule has 0 bridgehead atoms. The molecule has 156 valence electrons. The van der Waals surface area contributed by atoms with Crippen molar-refractivity contribution in [2.45, 2.75) is 85.7 Å². The summed E-state index contributed by atoms with van der Waals surface area (Å²) >= 11 is 0. The summed E-state index contributed by atoms with van der Waals surface area (Å²) in [7, 11) is 0. The Morgan fingerprint density at radius 1 is 1.22 bits per heavy atom. The fourth-order valence-corrected chi connectivity index (χ4v) is 3.69. The van der Waals surface area contributed by atoms with E-state index in [1.165, 1.54) is 6.08 Å². The molecule has 0 saturated heterocycles. The van der Waals surface area contributed by atoms with E-state index in [4.69, 9.17) is 15.3 Å². The van der Waals surface area contributed by atoms with Gasteiger partial charge in [0.2, 0.25) is 0 Å². The largest absolute Gasteiger partial charge is 0.512 e. The third-order valence-electron chi connectivity index (χ3n) is 4.84. The molecule has 3 N–H and O–H groups in total. The molecule has 0 unspecified atom stereocenters. The first-order valence-electron chi connectivity index (χ1n) is 10.1. The first kappa shape index (κ1) is 23.7. The number of carbonyl (C=O) groups excluding carboxylic acids is 1. The van der Waals surface area contributed by atoms with Crippen LogP contribution in [-0.2, 0) is 9.53 Å². The Morgan fingerprint density at radius 3 is 2.30 bits per heavy atom. The van der Waals surface area contributed by atoms with Crippen LogP contribution in [0.5, 0.6) is 0 Å². The Hall–Kier alpha value is -1.36. The summed E-state index contributed by atoms with van der Waals surface area (Å²) < 4.78 is 5.35. The number of hydrogen-bond donors (Lipinski definition) is 3. The van der Waals surface area contributed by atoms with Crippen LogP contribution < -0.4 is 0 Å². The van der Waals surface area contributed by atoms with E-state index in [0.29, 0.717) is 29.9 Å². The SMILES string of the molecule is CC(C)(C)C[C@H]1C[C@@H](C(=N)/C=C(\O)[C@@H](CCCO)CC(=O)OC(C)(C)C)C1. The molecule has 0 aromatic carbocycles. The van der Waals surface area contributed by atoms with E-state index in [1.54, 1.807) is 0 Å². The molecule has 1 fully saturated rings. The minimum Gasteiger partial charge on any atom is -0.512 e. The normalized spacial score (nSPS) is 22.1. The minimum atomic E-state index is -0.571. The van der Waals surface area contributed by atoms with Crippen LogP contribution in [0.4, 0.5) is 0 Å². The second kappa shape index (κ2) is 9.72. The van der Waals surface area contributed by atoms with Crippen molar-refractivity contribution in [3.8, 4) is 0 Å². The van der Waals surface area contributed by atoms with E-state index in [2.05, 4.69) is 20.8 Å². The molecule has 0 heterocycles. The predicted molar refractivity (Wildman–Crippen MR) is 109 cm³/mol. The lowest BCUT2D eigenvalue weighted by molar-refractivity contribution is -0.156. The Balaban J connectivity index is 2.64. The maximum atomic E-state index is 12.1. The zero-order valence-corrected chi connectivity index (χ0v) is 18.0. The Morgan fingerprint density at radius 2 is 1.81 bits per heavy atom. The number of allylic oxidation sites excluding steroid dienone is 2. The monoisotopic (exact) mass is 381 g/mol. The maximum Gasteiger partial charge on any atom is 0.307 e. The standard InChI is InChI=1S/C22H39NO4/c1-21(2,3)14-15-10-17(11-15)18(23)13-19(25)16(8-7-9-24)12-20(26)27-22(4,5)6/h13,15-17,23-25H,7-12,14H2,1-6H3/b19-13-,23-18?/t15-,16-,17+/m0/s1. The highest BCUT2D eigenvalue weighted by Crippen LogP contribution is 2.42. The van der Waals surface area contributed by atoms with Crippen molar-refractivity contribution in [1.29, 1.82) is 5.41 Å². The molecule has 0 amide bonds. The summed E-state index contributed by atoms with van der Waals surface area (Å²) in [6.07, 6.45) is 5.71. The van der Waals surface area contributed by atoms with Gasteiger partial charge in [0.05, 0.1) is 12.2 Å². The van der Waals surface area contributed by atoms with Crippen molar-refractivity contribution in [2.24, 2.45) is 23.2 Å². The van der Waals surface area contributed by atoms with Gasteiger partial charge in [-0.15, -0.1) is 0 Å². The van der Waals surface area contributed by atoms with E-state index in [9.17, 15) is 9.90 Å². The number of carbonyl (C=O) groups is 1. The van der Waals surface area contributed by atoms with Gasteiger partial charge in [-0.25, -0.2) is 0 Å². The van der Waals surface area contributed by atoms with Gasteiger partial charge >= 0.3 is 5.97 Å². The number of hydrogen-bond acceptors (Lipinski definition) is 5. The van der Waals surface area contributed by atoms with E-state index < -0.39 is 11.5 Å². The highest BCUT2D eigenvalue weighted by molar-refractivity contribution is 5.95. The van der Waals surface area contributed by atoms with Gasteiger partial charge < -0.3 is 20.4 Å². The van der Waals surface area contributed by atoms with Crippen molar-refractivity contribution in [3.63, 3.8) is 0 Å². The molecule has 0 aromatic rings. The molecular weight excluding hydrogens is 342 g/mol. The van der Waals surface area contributed by atoms with Crippen molar-refractivity contribution >= 4 is 11.7 Å². The van der Waals surface area contributed by atoms with Gasteiger partial charge in [0.25, 0.3) is 0 Å². The smallest absolute Gasteiger partial charge is 0.307 e. The van der Waals surface area contributed by atoms with Crippen LogP contribution in [0.2, 0.25) is 0 Å². The second-order valence-corrected chi connectivity index (χ2v) is 10.2. The molecule has 27 heavy (non-hydrogen) atoms. The summed E-state index contributed by atoms with van der Waals surface area (Å²) in [6, 6.07) is 0. The molecule has 1 saturated carbocycles. The quantitative estimate of drug-likeness (QED) is 0.297. The number of ether oxygens (including phenoxy) is 1. The first-order chi connectivity index (χ1) is 12.3. The van der Waals surface area contributed by atoms with Gasteiger partial charge in [-0.1, -0.05) is 20.8 Å². The summed E-state index contributed by atoms with van der Waals surface area (Å²) in [5, 5.41) is 27.9. The highest BCUT2D eigenvalue weighted by Gasteiger charge is 2.34. The molecule has 1 aliphatic rings. The molecule has 5 heteroatoms. The first-order valence-corrected chi connectivity index (χ1v) is 10.1. The summed E-state index contributed by atoms with van der Waals surface area (Å²) in [4.78, 5) is 12.1. The molecule has 5 nitrogen and oxygen atoms in total. The van der Waals surface area contributed by atoms with Crippen molar-refractivity contribution < 1.29 is 19.7 Å². The molecule has 0 spiro atoms. The van der Waals surface area contributed by atoms with Crippen LogP contribution in [0.3, 0.4) is 0 Å². The Bertz CT molecular complexity index is 533. The molecule has 0 aromatic heterocycles. The third kappa shape index (κ3) is 9.41. The summed E-state index contributed by atoms with van der Waals surface area (Å²) in [5.74, 6) is 0.111. The van der Waals surface area contributed by atoms with E-state index in [0.717, 1.165) is 19.3 Å². The van der Waals surface area contributed by atoms with Gasteiger partial charge in [0.1, 0.15) is 5.60 Å².